The van der Waals surface area contributed by atoms with Gasteiger partial charge >= 0.3 is 12.7 Å². The van der Waals surface area contributed by atoms with Crippen LogP contribution in [0.25, 0.3) is 45.0 Å². The molecule has 6 rings (SSSR count). The fourth-order valence-electron chi connectivity index (χ4n) is 4.34. The first-order valence-corrected chi connectivity index (χ1v) is 13.7. The number of ether oxygens (including phenoxy) is 2. The topological polar surface area (TPSA) is 148 Å². The highest BCUT2D eigenvalue weighted by molar-refractivity contribution is 5.79. The van der Waals surface area contributed by atoms with Gasteiger partial charge in [-0.25, -0.2) is 9.97 Å². The molecule has 0 fully saturated rings. The van der Waals surface area contributed by atoms with Crippen molar-refractivity contribution >= 4 is 11.9 Å². The fourth-order valence-corrected chi connectivity index (χ4v) is 4.34. The maximum atomic E-state index is 12.4. The molecule has 0 bridgehead atoms. The molecule has 0 aliphatic carbocycles. The van der Waals surface area contributed by atoms with Crippen LogP contribution in [0.3, 0.4) is 0 Å². The average molecular weight is 665 g/mol. The van der Waals surface area contributed by atoms with Gasteiger partial charge in [0, 0.05) is 22.3 Å². The number of nitrogens with zero attached hydrogens (tertiary/aromatic N) is 6. The second-order valence-electron chi connectivity index (χ2n) is 9.62. The van der Waals surface area contributed by atoms with Gasteiger partial charge in [-0.3, -0.25) is 0 Å². The molecule has 0 spiro atoms. The van der Waals surface area contributed by atoms with E-state index in [4.69, 9.17) is 11.5 Å². The molecule has 244 valence electrons. The van der Waals surface area contributed by atoms with Crippen LogP contribution in [0.2, 0.25) is 0 Å². The van der Waals surface area contributed by atoms with Crippen LogP contribution >= 0.6 is 0 Å². The number of alkyl halides is 6. The summed E-state index contributed by atoms with van der Waals surface area (Å²) in [5.41, 5.74) is 14.9. The minimum absolute atomic E-state index is 0.0275. The largest absolute Gasteiger partial charge is 0.573 e. The second kappa shape index (κ2) is 14.0. The monoisotopic (exact) mass is 664 g/mol. The zero-order valence-corrected chi connectivity index (χ0v) is 24.3. The maximum Gasteiger partial charge on any atom is 0.573 e. The average Bonchev–Trinajstić information content (AvgIpc) is 3.04. The molecule has 6 aromatic rings. The summed E-state index contributed by atoms with van der Waals surface area (Å²) in [7, 11) is 0. The minimum atomic E-state index is -4.77. The Hall–Kier alpha value is -6.32. The van der Waals surface area contributed by atoms with Crippen molar-refractivity contribution in [3.05, 3.63) is 109 Å². The highest BCUT2D eigenvalue weighted by Crippen LogP contribution is 2.33. The number of hydrogen-bond acceptors (Lipinski definition) is 10. The Morgan fingerprint density at radius 1 is 0.417 bits per heavy atom. The first kappa shape index (κ1) is 33.1. The Kier molecular flexibility index (Phi) is 9.63. The van der Waals surface area contributed by atoms with Crippen LogP contribution in [-0.2, 0) is 0 Å². The van der Waals surface area contributed by atoms with Crippen molar-refractivity contribution < 1.29 is 35.8 Å². The number of nitrogens with two attached hydrogens (primary N) is 2. The molecule has 0 unspecified atom stereocenters. The van der Waals surface area contributed by atoms with Gasteiger partial charge in [0.15, 0.2) is 0 Å². The van der Waals surface area contributed by atoms with Gasteiger partial charge in [0.1, 0.15) is 34.3 Å². The number of hydrogen-bond donors (Lipinski definition) is 2. The quantitative estimate of drug-likeness (QED) is 0.173. The van der Waals surface area contributed by atoms with Gasteiger partial charge < -0.3 is 20.9 Å². The third kappa shape index (κ3) is 8.90. The molecule has 2 heterocycles. The highest BCUT2D eigenvalue weighted by atomic mass is 19.4. The molecule has 0 saturated heterocycles. The summed E-state index contributed by atoms with van der Waals surface area (Å²) < 4.78 is 82.2. The zero-order valence-electron chi connectivity index (χ0n) is 24.3. The predicted molar refractivity (Wildman–Crippen MR) is 164 cm³/mol. The number of halogens is 6. The second-order valence-corrected chi connectivity index (χ2v) is 9.62. The van der Waals surface area contributed by atoms with E-state index in [0.29, 0.717) is 33.9 Å². The molecule has 2 aromatic heterocycles. The van der Waals surface area contributed by atoms with Crippen molar-refractivity contribution in [2.75, 3.05) is 11.5 Å². The van der Waals surface area contributed by atoms with Gasteiger partial charge in [0.2, 0.25) is 11.9 Å². The van der Waals surface area contributed by atoms with Gasteiger partial charge in [-0.15, -0.1) is 46.7 Å². The maximum absolute atomic E-state index is 12.4. The fraction of sp³-hybridized carbons (Fsp3) is 0.0625. The number of nitrogen functional groups attached to an aromatic ring is 2. The molecule has 4 N–H and O–H groups in total. The third-order valence-electron chi connectivity index (χ3n) is 6.18. The molecule has 16 heteroatoms. The van der Waals surface area contributed by atoms with Gasteiger partial charge in [-0.2, -0.15) is 0 Å². The van der Waals surface area contributed by atoms with E-state index in [2.05, 4.69) is 39.8 Å². The summed E-state index contributed by atoms with van der Waals surface area (Å²) in [6.07, 6.45) is -9.54. The Balaban J connectivity index is 0.000000188. The summed E-state index contributed by atoms with van der Waals surface area (Å²) in [6.45, 7) is 0. The van der Waals surface area contributed by atoms with Crippen LogP contribution in [-0.4, -0.2) is 43.1 Å². The van der Waals surface area contributed by atoms with Gasteiger partial charge in [0.25, 0.3) is 0 Å². The summed E-state index contributed by atoms with van der Waals surface area (Å²) in [4.78, 5) is 8.33. The Labute approximate surface area is 268 Å². The Bertz CT molecular complexity index is 1850. The Morgan fingerprint density at radius 2 is 0.771 bits per heavy atom. The molecular weight excluding hydrogens is 642 g/mol. The lowest BCUT2D eigenvalue weighted by Crippen LogP contribution is -2.17. The SMILES string of the molecule is Nc1nnc(-c2cccc(OC(F)(F)F)c2)c(-c2ccccc2)n1.Nc1nnc(-c2cccc(OC(F)(F)F)c2)c(-c2ccccc2)n1. The first-order chi connectivity index (χ1) is 22.8. The standard InChI is InChI=1S/2C16H11F3N4O/c2*17-16(18,19)24-12-8-4-7-11(9-12)14-13(21-15(20)23-22-14)10-5-2-1-3-6-10/h2*1-9H,(H2,20,21,23). The van der Waals surface area contributed by atoms with Crippen molar-refractivity contribution in [3.63, 3.8) is 0 Å². The van der Waals surface area contributed by atoms with Crippen molar-refractivity contribution in [1.29, 1.82) is 0 Å². The van der Waals surface area contributed by atoms with E-state index in [0.717, 1.165) is 11.1 Å². The van der Waals surface area contributed by atoms with Crippen molar-refractivity contribution in [1.82, 2.24) is 30.4 Å². The van der Waals surface area contributed by atoms with E-state index in [1.807, 2.05) is 12.1 Å². The van der Waals surface area contributed by atoms with Crippen LogP contribution in [0.5, 0.6) is 11.5 Å². The molecule has 0 aliphatic heterocycles. The number of aromatic nitrogens is 6. The van der Waals surface area contributed by atoms with Gasteiger partial charge in [0.05, 0.1) is 0 Å². The van der Waals surface area contributed by atoms with Crippen LogP contribution in [0.15, 0.2) is 109 Å². The minimum Gasteiger partial charge on any atom is -0.406 e. The Morgan fingerprint density at radius 3 is 1.12 bits per heavy atom. The summed E-state index contributed by atoms with van der Waals surface area (Å²) in [6, 6.07) is 29.0. The normalized spacial score (nSPS) is 11.3. The van der Waals surface area contributed by atoms with E-state index >= 15 is 0 Å². The lowest BCUT2D eigenvalue weighted by Gasteiger charge is -2.11. The number of benzene rings is 4. The van der Waals surface area contributed by atoms with Crippen molar-refractivity contribution in [3.8, 4) is 56.5 Å². The first-order valence-electron chi connectivity index (χ1n) is 13.7. The smallest absolute Gasteiger partial charge is 0.406 e. The van der Waals surface area contributed by atoms with E-state index in [-0.39, 0.29) is 23.4 Å². The van der Waals surface area contributed by atoms with E-state index in [1.54, 1.807) is 60.7 Å². The molecular formula is C32H22F6N8O2. The number of rotatable bonds is 6. The van der Waals surface area contributed by atoms with E-state index in [1.165, 1.54) is 36.4 Å². The molecule has 0 amide bonds. The summed E-state index contributed by atoms with van der Waals surface area (Å²) >= 11 is 0. The van der Waals surface area contributed by atoms with Crippen LogP contribution in [0.4, 0.5) is 38.2 Å². The van der Waals surface area contributed by atoms with Crippen LogP contribution in [0.1, 0.15) is 0 Å². The lowest BCUT2D eigenvalue weighted by atomic mass is 10.0. The van der Waals surface area contributed by atoms with E-state index in [9.17, 15) is 26.3 Å². The lowest BCUT2D eigenvalue weighted by molar-refractivity contribution is -0.275. The molecule has 0 atom stereocenters. The molecule has 0 saturated carbocycles. The summed E-state index contributed by atoms with van der Waals surface area (Å²) in [5.74, 6) is -0.754. The van der Waals surface area contributed by atoms with Gasteiger partial charge in [-0.1, -0.05) is 84.9 Å². The molecule has 0 aliphatic rings. The highest BCUT2D eigenvalue weighted by Gasteiger charge is 2.32. The predicted octanol–water partition coefficient (Wildman–Crippen LogP) is 7.37. The zero-order chi connectivity index (χ0) is 34.3. The van der Waals surface area contributed by atoms with Crippen LogP contribution in [0, 0.1) is 0 Å². The van der Waals surface area contributed by atoms with Crippen LogP contribution < -0.4 is 20.9 Å². The molecule has 4 aromatic carbocycles. The van der Waals surface area contributed by atoms with Crippen molar-refractivity contribution in [2.24, 2.45) is 0 Å². The summed E-state index contributed by atoms with van der Waals surface area (Å²) in [5, 5.41) is 15.4. The van der Waals surface area contributed by atoms with Gasteiger partial charge in [-0.05, 0) is 24.3 Å². The molecule has 0 radical (unpaired) electrons. The van der Waals surface area contributed by atoms with E-state index < -0.39 is 12.7 Å². The molecule has 48 heavy (non-hydrogen) atoms. The third-order valence-corrected chi connectivity index (χ3v) is 6.18. The number of anilines is 2. The van der Waals surface area contributed by atoms with Crippen molar-refractivity contribution in [2.45, 2.75) is 12.7 Å². The molecule has 10 nitrogen and oxygen atoms in total.